The van der Waals surface area contributed by atoms with Crippen LogP contribution >= 0.6 is 15.9 Å². The highest BCUT2D eigenvalue weighted by Crippen LogP contribution is 2.40. The first-order valence-electron chi connectivity index (χ1n) is 6.07. The van der Waals surface area contributed by atoms with Crippen LogP contribution in [0.2, 0.25) is 0 Å². The number of sulfonamides is 1. The van der Waals surface area contributed by atoms with Crippen LogP contribution in [0.3, 0.4) is 0 Å². The Hall–Kier alpha value is -0.790. The molecule has 0 atom stereocenters. The molecule has 0 N–H and O–H groups in total. The molecule has 0 amide bonds. The molecule has 0 aromatic heterocycles. The highest BCUT2D eigenvalue weighted by atomic mass is 79.9. The number of ether oxygens (including phenoxy) is 2. The van der Waals surface area contributed by atoms with Gasteiger partial charge in [-0.2, -0.15) is 4.31 Å². The zero-order valence-electron chi connectivity index (χ0n) is 10.4. The van der Waals surface area contributed by atoms with Gasteiger partial charge >= 0.3 is 0 Å². The van der Waals surface area contributed by atoms with Crippen LogP contribution in [-0.4, -0.2) is 39.0 Å². The smallest absolute Gasteiger partial charge is 0.244 e. The van der Waals surface area contributed by atoms with E-state index in [0.29, 0.717) is 29.2 Å². The lowest BCUT2D eigenvalue weighted by Crippen LogP contribution is -2.29. The number of nitrogens with zero attached hydrogens (tertiary/aromatic N) is 1. The predicted molar refractivity (Wildman–Crippen MR) is 73.1 cm³/mol. The average molecular weight is 348 g/mol. The second kappa shape index (κ2) is 4.64. The molecule has 0 unspecified atom stereocenters. The number of hydrogen-bond acceptors (Lipinski definition) is 4. The maximum absolute atomic E-state index is 12.5. The van der Waals surface area contributed by atoms with E-state index in [4.69, 9.17) is 9.47 Å². The first-order valence-corrected chi connectivity index (χ1v) is 8.30. The molecule has 1 heterocycles. The van der Waals surface area contributed by atoms with Crippen molar-refractivity contribution >= 4 is 26.0 Å². The number of halogens is 1. The molecule has 3 rings (SSSR count). The molecule has 1 aromatic rings. The summed E-state index contributed by atoms with van der Waals surface area (Å²) in [6, 6.07) is 3.32. The Morgan fingerprint density at radius 3 is 2.37 bits per heavy atom. The molecule has 0 radical (unpaired) electrons. The fourth-order valence-electron chi connectivity index (χ4n) is 2.03. The van der Waals surface area contributed by atoms with Crippen LogP contribution in [0.25, 0.3) is 0 Å². The summed E-state index contributed by atoms with van der Waals surface area (Å²) in [5.41, 5.74) is 0. The molecule has 1 saturated carbocycles. The lowest BCUT2D eigenvalue weighted by Gasteiger charge is -2.22. The molecule has 104 valence electrons. The molecule has 0 bridgehead atoms. The Morgan fingerprint density at radius 1 is 1.21 bits per heavy atom. The second-order valence-corrected chi connectivity index (χ2v) is 7.50. The molecule has 2 aliphatic rings. The molecular weight excluding hydrogens is 334 g/mol. The lowest BCUT2D eigenvalue weighted by atomic mass is 10.3. The van der Waals surface area contributed by atoms with Crippen LogP contribution in [0, 0.1) is 0 Å². The minimum atomic E-state index is -3.49. The van der Waals surface area contributed by atoms with E-state index in [2.05, 4.69) is 15.9 Å². The fourth-order valence-corrected chi connectivity index (χ4v) is 4.44. The molecule has 0 spiro atoms. The van der Waals surface area contributed by atoms with Gasteiger partial charge in [-0.05, 0) is 34.8 Å². The van der Waals surface area contributed by atoms with Gasteiger partial charge in [0.05, 0.1) is 0 Å². The second-order valence-electron chi connectivity index (χ2n) is 4.68. The molecule has 0 saturated heterocycles. The third-order valence-corrected chi connectivity index (χ3v) is 6.18. The monoisotopic (exact) mass is 347 g/mol. The van der Waals surface area contributed by atoms with Gasteiger partial charge in [-0.25, -0.2) is 8.42 Å². The number of hydrogen-bond donors (Lipinski definition) is 0. The van der Waals surface area contributed by atoms with Gasteiger partial charge < -0.3 is 9.47 Å². The largest absolute Gasteiger partial charge is 0.486 e. The molecular formula is C12H14BrNO4S. The van der Waals surface area contributed by atoms with E-state index >= 15 is 0 Å². The molecule has 1 fully saturated rings. The van der Waals surface area contributed by atoms with Crippen molar-refractivity contribution in [1.82, 2.24) is 4.31 Å². The van der Waals surface area contributed by atoms with Gasteiger partial charge in [0.1, 0.15) is 18.1 Å². The Morgan fingerprint density at radius 2 is 1.79 bits per heavy atom. The van der Waals surface area contributed by atoms with Crippen molar-refractivity contribution in [3.05, 3.63) is 16.6 Å². The minimum Gasteiger partial charge on any atom is -0.486 e. The van der Waals surface area contributed by atoms with Crippen LogP contribution in [0.4, 0.5) is 0 Å². The van der Waals surface area contributed by atoms with E-state index < -0.39 is 10.0 Å². The van der Waals surface area contributed by atoms with Crippen molar-refractivity contribution in [3.63, 3.8) is 0 Å². The summed E-state index contributed by atoms with van der Waals surface area (Å²) in [4.78, 5) is 0.228. The van der Waals surface area contributed by atoms with Gasteiger partial charge in [0.15, 0.2) is 11.5 Å². The highest BCUT2D eigenvalue weighted by molar-refractivity contribution is 9.10. The Labute approximate surface area is 120 Å². The van der Waals surface area contributed by atoms with Crippen LogP contribution in [0.15, 0.2) is 21.5 Å². The van der Waals surface area contributed by atoms with E-state index in [1.54, 1.807) is 13.1 Å². The summed E-state index contributed by atoms with van der Waals surface area (Å²) in [6.45, 7) is 0.917. The van der Waals surface area contributed by atoms with Crippen LogP contribution in [0.1, 0.15) is 12.8 Å². The lowest BCUT2D eigenvalue weighted by molar-refractivity contribution is 0.171. The summed E-state index contributed by atoms with van der Waals surface area (Å²) in [5.74, 6) is 1.06. The summed E-state index contributed by atoms with van der Waals surface area (Å²) in [7, 11) is -1.87. The number of fused-ring (bicyclic) bond motifs is 1. The SMILES string of the molecule is CN(C1CC1)S(=O)(=O)c1cc2c(cc1Br)OCCO2. The van der Waals surface area contributed by atoms with Crippen molar-refractivity contribution in [2.45, 2.75) is 23.8 Å². The third-order valence-electron chi connectivity index (χ3n) is 3.31. The van der Waals surface area contributed by atoms with Crippen LogP contribution in [-0.2, 0) is 10.0 Å². The van der Waals surface area contributed by atoms with Crippen molar-refractivity contribution in [3.8, 4) is 11.5 Å². The van der Waals surface area contributed by atoms with Crippen LogP contribution in [0.5, 0.6) is 11.5 Å². The Balaban J connectivity index is 2.04. The third kappa shape index (κ3) is 2.34. The Kier molecular flexibility index (Phi) is 3.23. The summed E-state index contributed by atoms with van der Waals surface area (Å²) in [6.07, 6.45) is 1.86. The molecule has 7 heteroatoms. The normalized spacial score (nSPS) is 18.7. The fraction of sp³-hybridized carbons (Fsp3) is 0.500. The van der Waals surface area contributed by atoms with Crippen molar-refractivity contribution in [2.75, 3.05) is 20.3 Å². The van der Waals surface area contributed by atoms with Crippen molar-refractivity contribution in [1.29, 1.82) is 0 Å². The molecule has 1 aliphatic heterocycles. The minimum absolute atomic E-state index is 0.130. The van der Waals surface area contributed by atoms with Gasteiger partial charge in [0.2, 0.25) is 10.0 Å². The maximum atomic E-state index is 12.5. The van der Waals surface area contributed by atoms with E-state index in [1.165, 1.54) is 10.4 Å². The highest BCUT2D eigenvalue weighted by Gasteiger charge is 2.36. The van der Waals surface area contributed by atoms with Crippen LogP contribution < -0.4 is 9.47 Å². The van der Waals surface area contributed by atoms with Gasteiger partial charge in [-0.1, -0.05) is 0 Å². The maximum Gasteiger partial charge on any atom is 0.244 e. The number of rotatable bonds is 3. The topological polar surface area (TPSA) is 55.8 Å². The summed E-state index contributed by atoms with van der Waals surface area (Å²) < 4.78 is 37.8. The van der Waals surface area contributed by atoms with Crippen molar-refractivity contribution < 1.29 is 17.9 Å². The standard InChI is InChI=1S/C12H14BrNO4S/c1-14(8-2-3-8)19(15,16)12-7-11-10(6-9(12)13)17-4-5-18-11/h6-8H,2-5H2,1H3. The van der Waals surface area contributed by atoms with E-state index in [1.807, 2.05) is 0 Å². The molecule has 1 aromatic carbocycles. The zero-order valence-corrected chi connectivity index (χ0v) is 12.8. The molecule has 19 heavy (non-hydrogen) atoms. The van der Waals surface area contributed by atoms with Gasteiger partial charge in [0.25, 0.3) is 0 Å². The Bertz CT molecular complexity index is 612. The average Bonchev–Trinajstić information content (AvgIpc) is 3.21. The quantitative estimate of drug-likeness (QED) is 0.839. The number of benzene rings is 1. The van der Waals surface area contributed by atoms with E-state index in [-0.39, 0.29) is 10.9 Å². The summed E-state index contributed by atoms with van der Waals surface area (Å²) in [5, 5.41) is 0. The zero-order chi connectivity index (χ0) is 13.6. The van der Waals surface area contributed by atoms with Gasteiger partial charge in [0, 0.05) is 23.6 Å². The van der Waals surface area contributed by atoms with Gasteiger partial charge in [-0.15, -0.1) is 0 Å². The van der Waals surface area contributed by atoms with E-state index in [9.17, 15) is 8.42 Å². The molecule has 5 nitrogen and oxygen atoms in total. The first kappa shape index (κ1) is 13.2. The first-order chi connectivity index (χ1) is 9.00. The van der Waals surface area contributed by atoms with E-state index in [0.717, 1.165) is 12.8 Å². The van der Waals surface area contributed by atoms with Crippen molar-refractivity contribution in [2.24, 2.45) is 0 Å². The van der Waals surface area contributed by atoms with Gasteiger partial charge in [-0.3, -0.25) is 0 Å². The summed E-state index contributed by atoms with van der Waals surface area (Å²) >= 11 is 3.31. The molecule has 1 aliphatic carbocycles. The predicted octanol–water partition coefficient (Wildman–Crippen LogP) is 2.00.